The van der Waals surface area contributed by atoms with Crippen molar-refractivity contribution in [3.63, 3.8) is 0 Å². The molecule has 8 aromatic carbocycles. The van der Waals surface area contributed by atoms with Crippen LogP contribution < -0.4 is 0 Å². The molecule has 10 aromatic rings. The van der Waals surface area contributed by atoms with Crippen LogP contribution in [-0.2, 0) is 12.8 Å². The van der Waals surface area contributed by atoms with Gasteiger partial charge in [0.25, 0.3) is 0 Å². The Morgan fingerprint density at radius 1 is 0.351 bits per heavy atom. The van der Waals surface area contributed by atoms with E-state index in [2.05, 4.69) is 215 Å². The number of aromatic nitrogens is 2. The van der Waals surface area contributed by atoms with Crippen LogP contribution in [0.15, 0.2) is 200 Å². The summed E-state index contributed by atoms with van der Waals surface area (Å²) in [5.41, 5.74) is 18.9. The van der Waals surface area contributed by atoms with E-state index in [0.717, 1.165) is 19.3 Å². The van der Waals surface area contributed by atoms with E-state index in [-0.39, 0.29) is 0 Å². The number of fused-ring (bicyclic) bond motifs is 6. The van der Waals surface area contributed by atoms with E-state index in [1.54, 1.807) is 0 Å². The van der Waals surface area contributed by atoms with Gasteiger partial charge in [0, 0.05) is 33.2 Å². The van der Waals surface area contributed by atoms with E-state index in [4.69, 9.17) is 0 Å². The van der Waals surface area contributed by atoms with Crippen molar-refractivity contribution >= 4 is 38.8 Å². The zero-order valence-corrected chi connectivity index (χ0v) is 31.6. The summed E-state index contributed by atoms with van der Waals surface area (Å²) in [7, 11) is 0. The SMILES string of the molecule is C1=Cc2c(c3ccccc3n2-c2ccc(-c3ccc(-c4ccc(Cc5ccc(-c6ccc(-n7c8ccccc8c8ccccc87)cc6)cc5)cc4)cc3)cc2)CC1. The Kier molecular flexibility index (Phi) is 8.07. The second-order valence-electron chi connectivity index (χ2n) is 15.3. The summed E-state index contributed by atoms with van der Waals surface area (Å²) in [6, 6.07) is 71.2. The fourth-order valence-corrected chi connectivity index (χ4v) is 8.99. The van der Waals surface area contributed by atoms with Crippen LogP contribution >= 0.6 is 0 Å². The van der Waals surface area contributed by atoms with Gasteiger partial charge < -0.3 is 9.13 Å². The fourth-order valence-electron chi connectivity index (χ4n) is 8.99. The topological polar surface area (TPSA) is 9.86 Å². The second kappa shape index (κ2) is 13.8. The number of hydrogen-bond donors (Lipinski definition) is 0. The largest absolute Gasteiger partial charge is 0.310 e. The van der Waals surface area contributed by atoms with Crippen LogP contribution in [0.2, 0.25) is 0 Å². The van der Waals surface area contributed by atoms with E-state index < -0.39 is 0 Å². The molecule has 0 radical (unpaired) electrons. The minimum atomic E-state index is 0.903. The minimum absolute atomic E-state index is 0.903. The monoisotopic (exact) mass is 728 g/mol. The molecule has 270 valence electrons. The summed E-state index contributed by atoms with van der Waals surface area (Å²) >= 11 is 0. The van der Waals surface area contributed by atoms with Crippen molar-refractivity contribution in [2.24, 2.45) is 0 Å². The molecule has 57 heavy (non-hydrogen) atoms. The van der Waals surface area contributed by atoms with Gasteiger partial charge in [-0.05, 0) is 118 Å². The van der Waals surface area contributed by atoms with Gasteiger partial charge in [0.2, 0.25) is 0 Å². The van der Waals surface area contributed by atoms with E-state index in [1.807, 2.05) is 0 Å². The molecular formula is C55H40N2. The molecule has 1 aliphatic rings. The van der Waals surface area contributed by atoms with Crippen LogP contribution in [-0.4, -0.2) is 9.13 Å². The molecule has 2 nitrogen and oxygen atoms in total. The molecule has 2 heteroatoms. The van der Waals surface area contributed by atoms with E-state index >= 15 is 0 Å². The summed E-state index contributed by atoms with van der Waals surface area (Å²) in [6.45, 7) is 0. The molecular weight excluding hydrogens is 689 g/mol. The zero-order valence-electron chi connectivity index (χ0n) is 31.6. The molecule has 0 aliphatic heterocycles. The third-order valence-electron chi connectivity index (χ3n) is 11.9. The maximum atomic E-state index is 2.42. The highest BCUT2D eigenvalue weighted by molar-refractivity contribution is 6.09. The average molecular weight is 729 g/mol. The maximum absolute atomic E-state index is 2.42. The van der Waals surface area contributed by atoms with Gasteiger partial charge in [-0.2, -0.15) is 0 Å². The van der Waals surface area contributed by atoms with E-state index in [1.165, 1.54) is 99.8 Å². The Hall–Kier alpha value is -7.16. The lowest BCUT2D eigenvalue weighted by Gasteiger charge is -2.13. The van der Waals surface area contributed by atoms with Crippen LogP contribution in [0.5, 0.6) is 0 Å². The molecule has 2 aromatic heterocycles. The summed E-state index contributed by atoms with van der Waals surface area (Å²) < 4.78 is 4.78. The fraction of sp³-hybridized carbons (Fsp3) is 0.0545. The molecule has 0 saturated carbocycles. The Balaban J connectivity index is 0.764. The lowest BCUT2D eigenvalue weighted by atomic mass is 9.97. The lowest BCUT2D eigenvalue weighted by Crippen LogP contribution is -2.00. The summed E-state index contributed by atoms with van der Waals surface area (Å²) in [5.74, 6) is 0. The quantitative estimate of drug-likeness (QED) is 0.155. The lowest BCUT2D eigenvalue weighted by molar-refractivity contribution is 0.967. The highest BCUT2D eigenvalue weighted by Gasteiger charge is 2.18. The smallest absolute Gasteiger partial charge is 0.0541 e. The van der Waals surface area contributed by atoms with Gasteiger partial charge in [-0.25, -0.2) is 0 Å². The summed E-state index contributed by atoms with van der Waals surface area (Å²) in [6.07, 6.45) is 7.71. The second-order valence-corrected chi connectivity index (χ2v) is 15.3. The van der Waals surface area contributed by atoms with Crippen LogP contribution in [0, 0.1) is 0 Å². The average Bonchev–Trinajstić information content (AvgIpc) is 3.80. The first kappa shape index (κ1) is 33.2. The summed E-state index contributed by atoms with van der Waals surface area (Å²) in [5, 5.41) is 3.94. The predicted octanol–water partition coefficient (Wildman–Crippen LogP) is 14.3. The van der Waals surface area contributed by atoms with Crippen molar-refractivity contribution in [2.45, 2.75) is 19.3 Å². The molecule has 0 spiro atoms. The third kappa shape index (κ3) is 5.89. The number of para-hydroxylation sites is 3. The van der Waals surface area contributed by atoms with Gasteiger partial charge in [0.05, 0.1) is 16.6 Å². The van der Waals surface area contributed by atoms with Crippen molar-refractivity contribution in [2.75, 3.05) is 0 Å². The standard InChI is InChI=1S/C55H40N2/c1-5-13-52-48(9-1)49-10-2-6-14-53(49)56(52)46-33-29-44(30-34-46)41-23-19-39(20-24-41)37-38-17-21-40(22-18-38)42-25-27-43(28-26-42)45-31-35-47(36-32-45)57-54-15-7-3-11-50(54)51-12-4-8-16-55(51)57/h1-3,5-11,13-36H,4,12,37H2. The molecule has 0 bridgehead atoms. The van der Waals surface area contributed by atoms with Crippen LogP contribution in [0.1, 0.15) is 28.8 Å². The van der Waals surface area contributed by atoms with Crippen molar-refractivity contribution < 1.29 is 0 Å². The molecule has 2 heterocycles. The maximum Gasteiger partial charge on any atom is 0.0541 e. The number of aryl methyl sites for hydroxylation is 1. The van der Waals surface area contributed by atoms with Gasteiger partial charge in [-0.1, -0.05) is 158 Å². The van der Waals surface area contributed by atoms with E-state index in [0.29, 0.717) is 0 Å². The Bertz CT molecular complexity index is 3030. The highest BCUT2D eigenvalue weighted by Crippen LogP contribution is 2.36. The normalized spacial score (nSPS) is 12.4. The Labute approximate surface area is 333 Å². The summed E-state index contributed by atoms with van der Waals surface area (Å²) in [4.78, 5) is 0. The molecule has 0 N–H and O–H groups in total. The van der Waals surface area contributed by atoms with Crippen molar-refractivity contribution in [1.29, 1.82) is 0 Å². The van der Waals surface area contributed by atoms with Crippen LogP contribution in [0.25, 0.3) is 83.5 Å². The van der Waals surface area contributed by atoms with E-state index in [9.17, 15) is 0 Å². The van der Waals surface area contributed by atoms with Crippen molar-refractivity contribution in [3.8, 4) is 44.8 Å². The van der Waals surface area contributed by atoms with Gasteiger partial charge >= 0.3 is 0 Å². The minimum Gasteiger partial charge on any atom is -0.310 e. The third-order valence-corrected chi connectivity index (χ3v) is 11.9. The van der Waals surface area contributed by atoms with Gasteiger partial charge in [-0.3, -0.25) is 0 Å². The van der Waals surface area contributed by atoms with Crippen LogP contribution in [0.4, 0.5) is 0 Å². The number of benzene rings is 8. The number of allylic oxidation sites excluding steroid dienone is 1. The first-order valence-corrected chi connectivity index (χ1v) is 20.0. The number of nitrogens with zero attached hydrogens (tertiary/aromatic N) is 2. The molecule has 0 fully saturated rings. The predicted molar refractivity (Wildman–Crippen MR) is 241 cm³/mol. The van der Waals surface area contributed by atoms with Gasteiger partial charge in [-0.15, -0.1) is 0 Å². The molecule has 11 rings (SSSR count). The first-order chi connectivity index (χ1) is 28.2. The number of rotatable bonds is 7. The van der Waals surface area contributed by atoms with Crippen molar-refractivity contribution in [3.05, 3.63) is 223 Å². The molecule has 0 unspecified atom stereocenters. The molecule has 0 atom stereocenters. The van der Waals surface area contributed by atoms with Crippen molar-refractivity contribution in [1.82, 2.24) is 9.13 Å². The highest BCUT2D eigenvalue weighted by atomic mass is 15.0. The number of hydrogen-bond acceptors (Lipinski definition) is 0. The first-order valence-electron chi connectivity index (χ1n) is 20.0. The molecule has 0 amide bonds. The Morgan fingerprint density at radius 3 is 1.19 bits per heavy atom. The Morgan fingerprint density at radius 2 is 0.719 bits per heavy atom. The zero-order chi connectivity index (χ0) is 37.7. The molecule has 0 saturated heterocycles. The van der Waals surface area contributed by atoms with Gasteiger partial charge in [0.15, 0.2) is 0 Å². The molecule has 1 aliphatic carbocycles. The van der Waals surface area contributed by atoms with Crippen LogP contribution in [0.3, 0.4) is 0 Å². The van der Waals surface area contributed by atoms with Gasteiger partial charge in [0.1, 0.15) is 0 Å².